The van der Waals surface area contributed by atoms with Crippen LogP contribution in [-0.4, -0.2) is 34.9 Å². The molecule has 0 saturated heterocycles. The molecule has 1 aromatic carbocycles. The minimum atomic E-state index is -0.312. The van der Waals surface area contributed by atoms with Crippen molar-refractivity contribution in [2.75, 3.05) is 14.1 Å². The zero-order valence-electron chi connectivity index (χ0n) is 11.1. The van der Waals surface area contributed by atoms with E-state index in [1.807, 2.05) is 6.07 Å². The first-order chi connectivity index (χ1) is 9.08. The number of hydrogen-bond acceptors (Lipinski definition) is 3. The van der Waals surface area contributed by atoms with Crippen molar-refractivity contribution < 1.29 is 4.92 Å². The lowest BCUT2D eigenvalue weighted by molar-refractivity contribution is -0.383. The summed E-state index contributed by atoms with van der Waals surface area (Å²) < 4.78 is 0. The van der Waals surface area contributed by atoms with E-state index in [2.05, 4.69) is 24.0 Å². The van der Waals surface area contributed by atoms with Gasteiger partial charge in [0.05, 0.1) is 4.92 Å². The largest absolute Gasteiger partial charge is 0.353 e. The molecule has 1 heterocycles. The van der Waals surface area contributed by atoms with Crippen molar-refractivity contribution in [2.24, 2.45) is 0 Å². The third kappa shape index (κ3) is 1.90. The molecule has 0 radical (unpaired) electrons. The quantitative estimate of drug-likeness (QED) is 0.665. The van der Waals surface area contributed by atoms with Crippen LogP contribution in [0.5, 0.6) is 0 Å². The fourth-order valence-corrected chi connectivity index (χ4v) is 3.00. The third-order valence-electron chi connectivity index (χ3n) is 4.10. The molecule has 100 valence electrons. The van der Waals surface area contributed by atoms with Crippen LogP contribution in [0.2, 0.25) is 0 Å². The summed E-state index contributed by atoms with van der Waals surface area (Å²) in [6.45, 7) is 0. The Morgan fingerprint density at radius 2 is 2.21 bits per heavy atom. The summed E-state index contributed by atoms with van der Waals surface area (Å²) in [7, 11) is 4.18. The Hall–Kier alpha value is -1.88. The highest BCUT2D eigenvalue weighted by Crippen LogP contribution is 2.34. The van der Waals surface area contributed by atoms with Crippen LogP contribution in [0.25, 0.3) is 10.9 Å². The number of aryl methyl sites for hydroxylation is 1. The Labute approximate surface area is 111 Å². The van der Waals surface area contributed by atoms with Crippen molar-refractivity contribution in [3.63, 3.8) is 0 Å². The number of non-ortho nitro benzene ring substituents is 1. The molecule has 1 atom stereocenters. The molecule has 0 aliphatic heterocycles. The van der Waals surface area contributed by atoms with Crippen molar-refractivity contribution in [2.45, 2.75) is 25.3 Å². The number of likely N-dealkylation sites (N-methyl/N-ethyl adjacent to an activating group) is 1. The van der Waals surface area contributed by atoms with Gasteiger partial charge in [0.2, 0.25) is 0 Å². The molecule has 0 bridgehead atoms. The number of hydrogen-bond donors (Lipinski definition) is 1. The molecule has 0 fully saturated rings. The minimum Gasteiger partial charge on any atom is -0.353 e. The van der Waals surface area contributed by atoms with E-state index in [4.69, 9.17) is 0 Å². The highest BCUT2D eigenvalue weighted by Gasteiger charge is 2.26. The van der Waals surface area contributed by atoms with Gasteiger partial charge in [-0.25, -0.2) is 0 Å². The van der Waals surface area contributed by atoms with Gasteiger partial charge < -0.3 is 9.88 Å². The summed E-state index contributed by atoms with van der Waals surface area (Å²) in [6.07, 6.45) is 3.02. The Morgan fingerprint density at radius 1 is 1.42 bits per heavy atom. The van der Waals surface area contributed by atoms with Crippen molar-refractivity contribution in [1.29, 1.82) is 0 Å². The average Bonchev–Trinajstić information content (AvgIpc) is 2.75. The number of nitrogens with zero attached hydrogens (tertiary/aromatic N) is 2. The van der Waals surface area contributed by atoms with Crippen molar-refractivity contribution in [1.82, 2.24) is 9.88 Å². The summed E-state index contributed by atoms with van der Waals surface area (Å²) in [5.74, 6) is 0. The second-order valence-corrected chi connectivity index (χ2v) is 5.40. The van der Waals surface area contributed by atoms with Gasteiger partial charge in [0, 0.05) is 23.2 Å². The highest BCUT2D eigenvalue weighted by molar-refractivity contribution is 5.92. The maximum atomic E-state index is 11.1. The van der Waals surface area contributed by atoms with Crippen LogP contribution in [-0.2, 0) is 12.8 Å². The number of para-hydroxylation sites is 1. The summed E-state index contributed by atoms with van der Waals surface area (Å²) >= 11 is 0. The molecule has 0 spiro atoms. The van der Waals surface area contributed by atoms with Gasteiger partial charge in [0.25, 0.3) is 5.69 Å². The first kappa shape index (κ1) is 12.2. The molecular weight excluding hydrogens is 242 g/mol. The van der Waals surface area contributed by atoms with Crippen LogP contribution in [0.15, 0.2) is 18.2 Å². The highest BCUT2D eigenvalue weighted by atomic mass is 16.6. The molecule has 0 saturated carbocycles. The fraction of sp³-hybridized carbons (Fsp3) is 0.429. The van der Waals surface area contributed by atoms with E-state index in [0.29, 0.717) is 11.6 Å². The van der Waals surface area contributed by atoms with Crippen molar-refractivity contribution in [3.05, 3.63) is 39.6 Å². The molecule has 3 rings (SSSR count). The normalized spacial score (nSPS) is 18.8. The molecule has 1 aliphatic rings. The van der Waals surface area contributed by atoms with Crippen LogP contribution in [0, 0.1) is 10.1 Å². The van der Waals surface area contributed by atoms with Gasteiger partial charge in [-0.05, 0) is 38.9 Å². The lowest BCUT2D eigenvalue weighted by atomic mass is 9.91. The van der Waals surface area contributed by atoms with E-state index in [-0.39, 0.29) is 10.6 Å². The average molecular weight is 259 g/mol. The van der Waals surface area contributed by atoms with Crippen molar-refractivity contribution in [3.8, 4) is 0 Å². The maximum absolute atomic E-state index is 11.1. The van der Waals surface area contributed by atoms with E-state index in [1.165, 1.54) is 11.3 Å². The molecule has 1 aromatic heterocycles. The Kier molecular flexibility index (Phi) is 2.78. The van der Waals surface area contributed by atoms with E-state index in [1.54, 1.807) is 12.1 Å². The zero-order chi connectivity index (χ0) is 13.6. The molecule has 1 aliphatic carbocycles. The number of fused-ring (bicyclic) bond motifs is 3. The van der Waals surface area contributed by atoms with Gasteiger partial charge in [-0.1, -0.05) is 12.1 Å². The monoisotopic (exact) mass is 259 g/mol. The van der Waals surface area contributed by atoms with Gasteiger partial charge >= 0.3 is 0 Å². The fourth-order valence-electron chi connectivity index (χ4n) is 3.00. The van der Waals surface area contributed by atoms with Crippen LogP contribution < -0.4 is 0 Å². The molecule has 19 heavy (non-hydrogen) atoms. The molecule has 5 heteroatoms. The Morgan fingerprint density at radius 3 is 2.89 bits per heavy atom. The summed E-state index contributed by atoms with van der Waals surface area (Å²) in [5, 5.41) is 12.1. The van der Waals surface area contributed by atoms with E-state index in [9.17, 15) is 10.1 Å². The van der Waals surface area contributed by atoms with E-state index < -0.39 is 0 Å². The number of H-pyrrole nitrogens is 1. The molecule has 1 unspecified atom stereocenters. The Balaban J connectivity index is 2.15. The molecule has 2 aromatic rings. The first-order valence-electron chi connectivity index (χ1n) is 6.51. The molecule has 1 N–H and O–H groups in total. The standard InChI is InChI=1S/C14H17N3O2/c1-16(2)9-6-7-12-11(8-9)10-4-3-5-13(17(18)19)14(10)15-12/h3-5,9,15H,6-8H2,1-2H3. The maximum Gasteiger partial charge on any atom is 0.293 e. The summed E-state index contributed by atoms with van der Waals surface area (Å²) in [6, 6.07) is 5.84. The molecular formula is C14H17N3O2. The molecule has 5 nitrogen and oxygen atoms in total. The van der Waals surface area contributed by atoms with Crippen molar-refractivity contribution >= 4 is 16.6 Å². The number of rotatable bonds is 2. The van der Waals surface area contributed by atoms with Crippen LogP contribution >= 0.6 is 0 Å². The van der Waals surface area contributed by atoms with Crippen LogP contribution in [0.4, 0.5) is 5.69 Å². The number of benzene rings is 1. The zero-order valence-corrected chi connectivity index (χ0v) is 11.1. The number of nitro benzene ring substituents is 1. The summed E-state index contributed by atoms with van der Waals surface area (Å²) in [4.78, 5) is 16.3. The predicted octanol–water partition coefficient (Wildman–Crippen LogP) is 2.50. The topological polar surface area (TPSA) is 62.2 Å². The SMILES string of the molecule is CN(C)C1CCc2[nH]c3c([N+](=O)[O-])cccc3c2C1. The second kappa shape index (κ2) is 4.35. The van der Waals surface area contributed by atoms with Crippen LogP contribution in [0.3, 0.4) is 0 Å². The first-order valence-corrected chi connectivity index (χ1v) is 6.51. The number of nitrogens with one attached hydrogen (secondary N) is 1. The van der Waals surface area contributed by atoms with Gasteiger partial charge in [-0.15, -0.1) is 0 Å². The predicted molar refractivity (Wildman–Crippen MR) is 74.5 cm³/mol. The third-order valence-corrected chi connectivity index (χ3v) is 4.10. The van der Waals surface area contributed by atoms with E-state index >= 15 is 0 Å². The number of nitro groups is 1. The van der Waals surface area contributed by atoms with Gasteiger partial charge in [0.15, 0.2) is 0 Å². The Bertz CT molecular complexity index is 645. The number of aromatic nitrogens is 1. The lowest BCUT2D eigenvalue weighted by Gasteiger charge is -2.28. The smallest absolute Gasteiger partial charge is 0.293 e. The van der Waals surface area contributed by atoms with Gasteiger partial charge in [-0.2, -0.15) is 0 Å². The van der Waals surface area contributed by atoms with Gasteiger partial charge in [0.1, 0.15) is 5.52 Å². The lowest BCUT2D eigenvalue weighted by Crippen LogP contribution is -2.33. The second-order valence-electron chi connectivity index (χ2n) is 5.40. The minimum absolute atomic E-state index is 0.174. The van der Waals surface area contributed by atoms with Gasteiger partial charge in [-0.3, -0.25) is 10.1 Å². The summed E-state index contributed by atoms with van der Waals surface area (Å²) in [5.41, 5.74) is 3.27. The van der Waals surface area contributed by atoms with E-state index in [0.717, 1.165) is 24.6 Å². The molecule has 0 amide bonds. The number of aromatic amines is 1. The van der Waals surface area contributed by atoms with Crippen LogP contribution in [0.1, 0.15) is 17.7 Å².